The van der Waals surface area contributed by atoms with Gasteiger partial charge in [-0.3, -0.25) is 4.55 Å². The standard InChI is InChI=1S/C3H6N2O2S/c1-2-3-4-5-8(6)7/h1,4-5H,3H2,(H,6,7). The van der Waals surface area contributed by atoms with Gasteiger partial charge in [0, 0.05) is 0 Å². The summed E-state index contributed by atoms with van der Waals surface area (Å²) in [4.78, 5) is 1.98. The highest BCUT2D eigenvalue weighted by atomic mass is 32.2. The minimum absolute atomic E-state index is 0.228. The number of terminal acetylenes is 1. The van der Waals surface area contributed by atoms with Gasteiger partial charge >= 0.3 is 0 Å². The topological polar surface area (TPSA) is 61.4 Å². The molecule has 0 heterocycles. The van der Waals surface area contributed by atoms with Crippen molar-refractivity contribution >= 4 is 11.3 Å². The molecule has 1 atom stereocenters. The summed E-state index contributed by atoms with van der Waals surface area (Å²) in [5, 5.41) is 0. The molecule has 0 saturated carbocycles. The average Bonchev–Trinajstić information content (AvgIpc) is 1.66. The van der Waals surface area contributed by atoms with Crippen LogP contribution in [0.15, 0.2) is 0 Å². The van der Waals surface area contributed by atoms with Gasteiger partial charge in [0.05, 0.1) is 6.54 Å². The third-order valence-electron chi connectivity index (χ3n) is 0.350. The maximum atomic E-state index is 9.74. The maximum absolute atomic E-state index is 9.74. The van der Waals surface area contributed by atoms with E-state index in [0.29, 0.717) is 0 Å². The fourth-order valence-electron chi connectivity index (χ4n) is 0.149. The summed E-state index contributed by atoms with van der Waals surface area (Å²) < 4.78 is 17.8. The second kappa shape index (κ2) is 4.74. The molecular formula is C3H6N2O2S. The fraction of sp³-hybridized carbons (Fsp3) is 0.333. The van der Waals surface area contributed by atoms with Crippen molar-refractivity contribution in [1.29, 1.82) is 0 Å². The van der Waals surface area contributed by atoms with E-state index >= 15 is 0 Å². The normalized spacial score (nSPS) is 12.5. The van der Waals surface area contributed by atoms with Gasteiger partial charge in [0.15, 0.2) is 0 Å². The van der Waals surface area contributed by atoms with E-state index in [1.165, 1.54) is 0 Å². The minimum Gasteiger partial charge on any atom is -0.293 e. The van der Waals surface area contributed by atoms with Crippen LogP contribution >= 0.6 is 0 Å². The van der Waals surface area contributed by atoms with Gasteiger partial charge in [0.2, 0.25) is 11.3 Å². The maximum Gasteiger partial charge on any atom is 0.245 e. The zero-order chi connectivity index (χ0) is 6.41. The lowest BCUT2D eigenvalue weighted by Crippen LogP contribution is -2.33. The van der Waals surface area contributed by atoms with Crippen molar-refractivity contribution in [3.8, 4) is 12.3 Å². The molecule has 0 aliphatic carbocycles. The Balaban J connectivity index is 2.97. The summed E-state index contributed by atoms with van der Waals surface area (Å²) in [6.07, 6.45) is 4.78. The van der Waals surface area contributed by atoms with Crippen molar-refractivity contribution in [2.45, 2.75) is 0 Å². The largest absolute Gasteiger partial charge is 0.293 e. The van der Waals surface area contributed by atoms with Gasteiger partial charge in [-0.2, -0.15) is 0 Å². The van der Waals surface area contributed by atoms with Crippen LogP contribution in [-0.2, 0) is 11.3 Å². The predicted octanol–water partition coefficient (Wildman–Crippen LogP) is -1.15. The lowest BCUT2D eigenvalue weighted by Gasteiger charge is -1.94. The summed E-state index contributed by atoms with van der Waals surface area (Å²) in [6, 6.07) is 0. The zero-order valence-electron chi connectivity index (χ0n) is 4.05. The monoisotopic (exact) mass is 134 g/mol. The van der Waals surface area contributed by atoms with Crippen LogP contribution in [0.4, 0.5) is 0 Å². The van der Waals surface area contributed by atoms with E-state index in [4.69, 9.17) is 11.0 Å². The van der Waals surface area contributed by atoms with E-state index in [-0.39, 0.29) is 6.54 Å². The Morgan fingerprint density at radius 3 is 2.88 bits per heavy atom. The Kier molecular flexibility index (Phi) is 4.50. The summed E-state index contributed by atoms with van der Waals surface area (Å²) in [7, 11) is 0. The van der Waals surface area contributed by atoms with E-state index < -0.39 is 11.3 Å². The Labute approximate surface area is 50.1 Å². The highest BCUT2D eigenvalue weighted by molar-refractivity contribution is 7.77. The molecule has 0 bridgehead atoms. The van der Waals surface area contributed by atoms with Crippen molar-refractivity contribution in [2.75, 3.05) is 6.54 Å². The van der Waals surface area contributed by atoms with E-state index in [9.17, 15) is 4.21 Å². The van der Waals surface area contributed by atoms with E-state index in [1.807, 2.05) is 4.83 Å². The quantitative estimate of drug-likeness (QED) is 0.198. The van der Waals surface area contributed by atoms with E-state index in [2.05, 4.69) is 11.3 Å². The molecule has 5 heteroatoms. The number of hydrazine groups is 1. The molecule has 0 fully saturated rings. The predicted molar refractivity (Wildman–Crippen MR) is 30.7 cm³/mol. The van der Waals surface area contributed by atoms with E-state index in [1.54, 1.807) is 0 Å². The first-order valence-electron chi connectivity index (χ1n) is 1.80. The summed E-state index contributed by atoms with van der Waals surface area (Å²) >= 11 is -2.02. The van der Waals surface area contributed by atoms with Crippen molar-refractivity contribution in [2.24, 2.45) is 0 Å². The second-order valence-corrected chi connectivity index (χ2v) is 1.61. The van der Waals surface area contributed by atoms with Gasteiger partial charge in [-0.05, 0) is 0 Å². The number of rotatable bonds is 3. The van der Waals surface area contributed by atoms with Crippen LogP contribution in [0, 0.1) is 12.3 Å². The van der Waals surface area contributed by atoms with Gasteiger partial charge in [0.1, 0.15) is 0 Å². The van der Waals surface area contributed by atoms with Crippen LogP contribution < -0.4 is 10.3 Å². The smallest absolute Gasteiger partial charge is 0.245 e. The highest BCUT2D eigenvalue weighted by Gasteiger charge is 1.83. The molecule has 0 aromatic heterocycles. The Morgan fingerprint density at radius 1 is 1.88 bits per heavy atom. The van der Waals surface area contributed by atoms with Crippen LogP contribution in [0.25, 0.3) is 0 Å². The fourth-order valence-corrected chi connectivity index (χ4v) is 0.344. The third-order valence-corrected chi connectivity index (χ3v) is 0.669. The molecule has 0 radical (unpaired) electrons. The SMILES string of the molecule is C#CCNNS(=O)O. The van der Waals surface area contributed by atoms with Crippen molar-refractivity contribution < 1.29 is 8.76 Å². The molecule has 0 aromatic rings. The molecule has 0 aliphatic heterocycles. The molecule has 0 rings (SSSR count). The molecule has 0 saturated heterocycles. The van der Waals surface area contributed by atoms with Crippen LogP contribution in [0.1, 0.15) is 0 Å². The van der Waals surface area contributed by atoms with Gasteiger partial charge in [0.25, 0.3) is 0 Å². The van der Waals surface area contributed by atoms with Gasteiger partial charge in [-0.15, -0.1) is 11.3 Å². The van der Waals surface area contributed by atoms with Crippen molar-refractivity contribution in [3.05, 3.63) is 0 Å². The first-order valence-corrected chi connectivity index (χ1v) is 2.91. The molecule has 8 heavy (non-hydrogen) atoms. The van der Waals surface area contributed by atoms with Crippen LogP contribution in [0.5, 0.6) is 0 Å². The summed E-state index contributed by atoms with van der Waals surface area (Å²) in [5.41, 5.74) is 2.30. The Morgan fingerprint density at radius 2 is 2.50 bits per heavy atom. The molecule has 46 valence electrons. The van der Waals surface area contributed by atoms with Gasteiger partial charge < -0.3 is 0 Å². The number of hydrogen-bond acceptors (Lipinski definition) is 2. The van der Waals surface area contributed by atoms with Crippen molar-refractivity contribution in [3.63, 3.8) is 0 Å². The zero-order valence-corrected chi connectivity index (χ0v) is 4.86. The molecule has 4 nitrogen and oxygen atoms in total. The van der Waals surface area contributed by atoms with Crippen LogP contribution in [-0.4, -0.2) is 15.3 Å². The highest BCUT2D eigenvalue weighted by Crippen LogP contribution is 1.53. The lowest BCUT2D eigenvalue weighted by atomic mass is 10.7. The average molecular weight is 134 g/mol. The molecule has 3 N–H and O–H groups in total. The first-order chi connectivity index (χ1) is 3.77. The van der Waals surface area contributed by atoms with Crippen LogP contribution in [0.3, 0.4) is 0 Å². The molecule has 0 spiro atoms. The van der Waals surface area contributed by atoms with Gasteiger partial charge in [-0.25, -0.2) is 9.63 Å². The van der Waals surface area contributed by atoms with Gasteiger partial charge in [-0.1, -0.05) is 5.92 Å². The summed E-state index contributed by atoms with van der Waals surface area (Å²) in [5.74, 6) is 2.20. The minimum atomic E-state index is -2.02. The second-order valence-electron chi connectivity index (χ2n) is 0.909. The molecule has 0 aliphatic rings. The summed E-state index contributed by atoms with van der Waals surface area (Å²) in [6.45, 7) is 0.228. The molecular weight excluding hydrogens is 128 g/mol. The molecule has 0 aromatic carbocycles. The number of nitrogens with one attached hydrogen (secondary N) is 2. The molecule has 1 unspecified atom stereocenters. The Hall–Kier alpha value is -0.410. The van der Waals surface area contributed by atoms with Crippen molar-refractivity contribution in [1.82, 2.24) is 10.3 Å². The Bertz CT molecular complexity index is 119. The van der Waals surface area contributed by atoms with E-state index in [0.717, 1.165) is 0 Å². The van der Waals surface area contributed by atoms with Crippen LogP contribution in [0.2, 0.25) is 0 Å². The third kappa shape index (κ3) is 5.59. The molecule has 0 amide bonds. The first kappa shape index (κ1) is 7.59. The number of hydrogen-bond donors (Lipinski definition) is 3. The lowest BCUT2D eigenvalue weighted by molar-refractivity contribution is 0.534.